The van der Waals surface area contributed by atoms with Crippen molar-refractivity contribution in [2.75, 3.05) is 38.1 Å². The van der Waals surface area contributed by atoms with Gasteiger partial charge in [-0.25, -0.2) is 8.78 Å². The van der Waals surface area contributed by atoms with E-state index >= 15 is 0 Å². The fraction of sp³-hybridized carbons (Fsp3) is 0.579. The van der Waals surface area contributed by atoms with Crippen molar-refractivity contribution >= 4 is 29.9 Å². The zero-order valence-corrected chi connectivity index (χ0v) is 16.2. The lowest BCUT2D eigenvalue weighted by molar-refractivity contribution is -0.141. The molecule has 0 spiro atoms. The average Bonchev–Trinajstić information content (AvgIpc) is 3.03. The molecule has 0 aromatic heterocycles. The van der Waals surface area contributed by atoms with Gasteiger partial charge in [-0.1, -0.05) is 0 Å². The van der Waals surface area contributed by atoms with E-state index in [1.807, 2.05) is 7.05 Å². The Morgan fingerprint density at radius 1 is 1.15 bits per heavy atom. The zero-order chi connectivity index (χ0) is 18.7. The van der Waals surface area contributed by atoms with Crippen LogP contribution in [0.1, 0.15) is 25.7 Å². The molecule has 2 saturated heterocycles. The SMILES string of the molecule is CNCCC1CCN(C(=O)C2CCN(c3ccc(F)c(F)c3)C2=O)CC1.Cl. The number of likely N-dealkylation sites (tertiary alicyclic amines) is 1. The summed E-state index contributed by atoms with van der Waals surface area (Å²) >= 11 is 0. The van der Waals surface area contributed by atoms with Crippen LogP contribution in [0.3, 0.4) is 0 Å². The smallest absolute Gasteiger partial charge is 0.239 e. The van der Waals surface area contributed by atoms with Crippen molar-refractivity contribution in [1.82, 2.24) is 10.2 Å². The highest BCUT2D eigenvalue weighted by atomic mass is 35.5. The van der Waals surface area contributed by atoms with Crippen molar-refractivity contribution < 1.29 is 18.4 Å². The number of anilines is 1. The largest absolute Gasteiger partial charge is 0.342 e. The number of nitrogens with one attached hydrogen (secondary N) is 1. The Morgan fingerprint density at radius 2 is 1.85 bits per heavy atom. The van der Waals surface area contributed by atoms with Gasteiger partial charge in [0.1, 0.15) is 5.92 Å². The number of nitrogens with zero attached hydrogens (tertiary/aromatic N) is 2. The molecule has 2 aliphatic rings. The van der Waals surface area contributed by atoms with Gasteiger partial charge in [0.05, 0.1) is 0 Å². The van der Waals surface area contributed by atoms with Crippen LogP contribution < -0.4 is 10.2 Å². The maximum absolute atomic E-state index is 13.4. The third-order valence-corrected chi connectivity index (χ3v) is 5.45. The molecule has 2 fully saturated rings. The van der Waals surface area contributed by atoms with Gasteiger partial charge in [0.15, 0.2) is 11.6 Å². The van der Waals surface area contributed by atoms with E-state index in [0.717, 1.165) is 37.9 Å². The van der Waals surface area contributed by atoms with Crippen LogP contribution in [0, 0.1) is 23.5 Å². The Hall–Kier alpha value is -1.73. The van der Waals surface area contributed by atoms with Gasteiger partial charge in [-0.2, -0.15) is 0 Å². The molecule has 27 heavy (non-hydrogen) atoms. The van der Waals surface area contributed by atoms with Crippen molar-refractivity contribution in [3.63, 3.8) is 0 Å². The fourth-order valence-electron chi connectivity index (χ4n) is 3.83. The zero-order valence-electron chi connectivity index (χ0n) is 15.4. The van der Waals surface area contributed by atoms with Gasteiger partial charge in [-0.3, -0.25) is 9.59 Å². The highest BCUT2D eigenvalue weighted by Gasteiger charge is 2.40. The van der Waals surface area contributed by atoms with E-state index in [9.17, 15) is 18.4 Å². The molecule has 1 aromatic carbocycles. The van der Waals surface area contributed by atoms with E-state index in [4.69, 9.17) is 0 Å². The Labute approximate surface area is 164 Å². The second-order valence-corrected chi connectivity index (χ2v) is 7.09. The molecular formula is C19H26ClF2N3O2. The van der Waals surface area contributed by atoms with Gasteiger partial charge in [0, 0.05) is 31.4 Å². The number of benzene rings is 1. The van der Waals surface area contributed by atoms with Gasteiger partial charge >= 0.3 is 0 Å². The molecule has 0 aliphatic carbocycles. The quantitative estimate of drug-likeness (QED) is 0.771. The number of carbonyl (C=O) groups excluding carboxylic acids is 2. The van der Waals surface area contributed by atoms with E-state index in [2.05, 4.69) is 5.32 Å². The number of hydrogen-bond acceptors (Lipinski definition) is 3. The lowest BCUT2D eigenvalue weighted by Crippen LogP contribution is -2.44. The molecule has 1 atom stereocenters. The summed E-state index contributed by atoms with van der Waals surface area (Å²) in [6.45, 7) is 2.69. The highest BCUT2D eigenvalue weighted by molar-refractivity contribution is 6.09. The van der Waals surface area contributed by atoms with E-state index in [-0.39, 0.29) is 24.2 Å². The number of amides is 2. The summed E-state index contributed by atoms with van der Waals surface area (Å²) in [7, 11) is 1.93. The van der Waals surface area contributed by atoms with Crippen LogP contribution in [-0.4, -0.2) is 49.9 Å². The Bertz CT molecular complexity index is 681. The summed E-state index contributed by atoms with van der Waals surface area (Å²) in [5.41, 5.74) is 0.301. The van der Waals surface area contributed by atoms with Gasteiger partial charge in [0.25, 0.3) is 0 Å². The number of carbonyl (C=O) groups is 2. The molecule has 2 aliphatic heterocycles. The van der Waals surface area contributed by atoms with Crippen LogP contribution >= 0.6 is 12.4 Å². The third kappa shape index (κ3) is 4.76. The van der Waals surface area contributed by atoms with Crippen molar-refractivity contribution in [1.29, 1.82) is 0 Å². The van der Waals surface area contributed by atoms with Crippen molar-refractivity contribution in [3.8, 4) is 0 Å². The second kappa shape index (κ2) is 9.46. The number of hydrogen-bond donors (Lipinski definition) is 1. The second-order valence-electron chi connectivity index (χ2n) is 7.09. The molecule has 0 saturated carbocycles. The molecule has 1 aromatic rings. The normalized spacial score (nSPS) is 20.7. The molecule has 5 nitrogen and oxygen atoms in total. The van der Waals surface area contributed by atoms with Crippen LogP contribution in [0.2, 0.25) is 0 Å². The predicted octanol–water partition coefficient (Wildman–Crippen LogP) is 2.59. The lowest BCUT2D eigenvalue weighted by atomic mass is 9.92. The average molecular weight is 402 g/mol. The van der Waals surface area contributed by atoms with Crippen LogP contribution in [0.4, 0.5) is 14.5 Å². The lowest BCUT2D eigenvalue weighted by Gasteiger charge is -2.33. The van der Waals surface area contributed by atoms with Crippen LogP contribution in [0.25, 0.3) is 0 Å². The topological polar surface area (TPSA) is 52.7 Å². The van der Waals surface area contributed by atoms with E-state index in [1.165, 1.54) is 11.0 Å². The molecule has 2 heterocycles. The molecule has 3 rings (SSSR count). The minimum absolute atomic E-state index is 0. The van der Waals surface area contributed by atoms with Crippen molar-refractivity contribution in [2.45, 2.75) is 25.7 Å². The van der Waals surface area contributed by atoms with E-state index in [0.29, 0.717) is 37.7 Å². The van der Waals surface area contributed by atoms with Crippen LogP contribution in [-0.2, 0) is 9.59 Å². The Balaban J connectivity index is 0.00000261. The van der Waals surface area contributed by atoms with Crippen LogP contribution in [0.5, 0.6) is 0 Å². The minimum atomic E-state index is -0.992. The molecule has 150 valence electrons. The van der Waals surface area contributed by atoms with Gasteiger partial charge in [-0.05, 0) is 57.3 Å². The summed E-state index contributed by atoms with van der Waals surface area (Å²) in [5.74, 6) is -2.49. The fourth-order valence-corrected chi connectivity index (χ4v) is 3.83. The highest BCUT2D eigenvalue weighted by Crippen LogP contribution is 2.29. The summed E-state index contributed by atoms with van der Waals surface area (Å²) in [6.07, 6.45) is 3.43. The first-order chi connectivity index (χ1) is 12.5. The van der Waals surface area contributed by atoms with E-state index < -0.39 is 17.6 Å². The Kier molecular flexibility index (Phi) is 7.56. The van der Waals surface area contributed by atoms with Gasteiger partial charge in [-0.15, -0.1) is 12.4 Å². The van der Waals surface area contributed by atoms with Gasteiger partial charge < -0.3 is 15.1 Å². The predicted molar refractivity (Wildman–Crippen MR) is 102 cm³/mol. The third-order valence-electron chi connectivity index (χ3n) is 5.45. The first kappa shape index (κ1) is 21.6. The molecule has 0 radical (unpaired) electrons. The number of piperidine rings is 1. The molecular weight excluding hydrogens is 376 g/mol. The summed E-state index contributed by atoms with van der Waals surface area (Å²) in [6, 6.07) is 3.38. The number of halogens is 3. The molecule has 2 amide bonds. The minimum Gasteiger partial charge on any atom is -0.342 e. The summed E-state index contributed by atoms with van der Waals surface area (Å²) < 4.78 is 26.5. The maximum Gasteiger partial charge on any atom is 0.239 e. The first-order valence-corrected chi connectivity index (χ1v) is 9.21. The molecule has 0 bridgehead atoms. The summed E-state index contributed by atoms with van der Waals surface area (Å²) in [4.78, 5) is 28.6. The van der Waals surface area contributed by atoms with Crippen molar-refractivity contribution in [2.24, 2.45) is 11.8 Å². The summed E-state index contributed by atoms with van der Waals surface area (Å²) in [5, 5.41) is 3.15. The maximum atomic E-state index is 13.4. The van der Waals surface area contributed by atoms with Gasteiger partial charge in [0.2, 0.25) is 11.8 Å². The van der Waals surface area contributed by atoms with Crippen molar-refractivity contribution in [3.05, 3.63) is 29.8 Å². The standard InChI is InChI=1S/C19H25F2N3O2.ClH/c1-22-8-4-13-5-9-23(10-6-13)18(25)15-7-11-24(19(15)26)14-2-3-16(20)17(21)12-14;/h2-3,12-13,15,22H,4-11H2,1H3;1H. The molecule has 1 unspecified atom stereocenters. The Morgan fingerprint density at radius 3 is 2.48 bits per heavy atom. The van der Waals surface area contributed by atoms with Crippen LogP contribution in [0.15, 0.2) is 18.2 Å². The number of rotatable bonds is 5. The monoisotopic (exact) mass is 401 g/mol. The van der Waals surface area contributed by atoms with E-state index in [1.54, 1.807) is 4.90 Å². The first-order valence-electron chi connectivity index (χ1n) is 9.21. The molecule has 8 heteroatoms. The molecule has 1 N–H and O–H groups in total.